The highest BCUT2D eigenvalue weighted by Crippen LogP contribution is 2.18. The van der Waals surface area contributed by atoms with Gasteiger partial charge in [0.25, 0.3) is 0 Å². The van der Waals surface area contributed by atoms with Gasteiger partial charge in [0.1, 0.15) is 5.82 Å². The van der Waals surface area contributed by atoms with Crippen LogP contribution in [0.1, 0.15) is 17.2 Å². The molecule has 0 spiro atoms. The van der Waals surface area contributed by atoms with Gasteiger partial charge < -0.3 is 10.5 Å². The number of rotatable bonds is 2. The minimum atomic E-state index is 0.367. The third kappa shape index (κ3) is 1.53. The van der Waals surface area contributed by atoms with Crippen molar-refractivity contribution in [1.82, 2.24) is 9.97 Å². The van der Waals surface area contributed by atoms with Gasteiger partial charge in [-0.2, -0.15) is 0 Å². The van der Waals surface area contributed by atoms with Gasteiger partial charge in [-0.25, -0.2) is 9.97 Å². The summed E-state index contributed by atoms with van der Waals surface area (Å²) in [6.45, 7) is 4.13. The van der Waals surface area contributed by atoms with Crippen molar-refractivity contribution in [3.05, 3.63) is 17.2 Å². The summed E-state index contributed by atoms with van der Waals surface area (Å²) in [4.78, 5) is 8.32. The van der Waals surface area contributed by atoms with E-state index < -0.39 is 0 Å². The van der Waals surface area contributed by atoms with E-state index in [1.54, 1.807) is 7.11 Å². The van der Waals surface area contributed by atoms with Gasteiger partial charge in [0.05, 0.1) is 25.0 Å². The molecule has 1 aromatic rings. The maximum absolute atomic E-state index is 5.41. The normalized spacial score (nSPS) is 10.0. The summed E-state index contributed by atoms with van der Waals surface area (Å²) in [7, 11) is 1.61. The number of aromatic nitrogens is 2. The van der Waals surface area contributed by atoms with E-state index >= 15 is 0 Å². The average Bonchev–Trinajstić information content (AvgIpc) is 2.03. The van der Waals surface area contributed by atoms with Crippen LogP contribution >= 0.6 is 0 Å². The van der Waals surface area contributed by atoms with E-state index in [0.29, 0.717) is 12.4 Å². The van der Waals surface area contributed by atoms with Crippen LogP contribution in [0, 0.1) is 13.8 Å². The molecular weight excluding hydrogens is 154 g/mol. The molecule has 0 unspecified atom stereocenters. The van der Waals surface area contributed by atoms with Crippen LogP contribution in [-0.4, -0.2) is 17.1 Å². The summed E-state index contributed by atoms with van der Waals surface area (Å²) < 4.78 is 5.11. The van der Waals surface area contributed by atoms with Gasteiger partial charge in [0.15, 0.2) is 5.75 Å². The molecule has 0 saturated carbocycles. The molecule has 1 rings (SSSR count). The lowest BCUT2D eigenvalue weighted by Gasteiger charge is -2.07. The van der Waals surface area contributed by atoms with Crippen molar-refractivity contribution in [3.63, 3.8) is 0 Å². The first kappa shape index (κ1) is 8.93. The predicted molar refractivity (Wildman–Crippen MR) is 45.9 cm³/mol. The zero-order valence-electron chi connectivity index (χ0n) is 7.59. The number of methoxy groups -OCH3 is 1. The molecule has 0 aliphatic rings. The number of nitrogens with two attached hydrogens (primary N) is 1. The molecule has 4 nitrogen and oxygen atoms in total. The Morgan fingerprint density at radius 1 is 1.25 bits per heavy atom. The summed E-state index contributed by atoms with van der Waals surface area (Å²) in [6, 6.07) is 0. The summed E-state index contributed by atoms with van der Waals surface area (Å²) in [5, 5.41) is 0. The predicted octanol–water partition coefficient (Wildman–Crippen LogP) is 0.561. The zero-order chi connectivity index (χ0) is 9.14. The van der Waals surface area contributed by atoms with E-state index in [9.17, 15) is 0 Å². The molecular formula is C8H13N3O. The van der Waals surface area contributed by atoms with Crippen molar-refractivity contribution in [3.8, 4) is 5.75 Å². The van der Waals surface area contributed by atoms with Crippen LogP contribution in [0.25, 0.3) is 0 Å². The molecule has 0 bridgehead atoms. The van der Waals surface area contributed by atoms with Crippen LogP contribution in [0.3, 0.4) is 0 Å². The molecule has 0 fully saturated rings. The SMILES string of the molecule is COc1c(C)nc(CN)nc1C. The van der Waals surface area contributed by atoms with Crippen LogP contribution in [-0.2, 0) is 6.54 Å². The third-order valence-corrected chi connectivity index (χ3v) is 1.64. The lowest BCUT2D eigenvalue weighted by Crippen LogP contribution is -2.07. The molecule has 0 radical (unpaired) electrons. The van der Waals surface area contributed by atoms with Crippen LogP contribution in [0.15, 0.2) is 0 Å². The van der Waals surface area contributed by atoms with E-state index in [1.807, 2.05) is 13.8 Å². The molecule has 2 N–H and O–H groups in total. The molecule has 1 aromatic heterocycles. The van der Waals surface area contributed by atoms with Gasteiger partial charge >= 0.3 is 0 Å². The van der Waals surface area contributed by atoms with Crippen molar-refractivity contribution in [1.29, 1.82) is 0 Å². The Labute approximate surface area is 71.8 Å². The van der Waals surface area contributed by atoms with E-state index in [1.165, 1.54) is 0 Å². The Morgan fingerprint density at radius 3 is 2.08 bits per heavy atom. The highest BCUT2D eigenvalue weighted by molar-refractivity contribution is 5.31. The molecule has 4 heteroatoms. The van der Waals surface area contributed by atoms with Crippen molar-refractivity contribution < 1.29 is 4.74 Å². The second-order valence-corrected chi connectivity index (χ2v) is 2.55. The third-order valence-electron chi connectivity index (χ3n) is 1.64. The van der Waals surface area contributed by atoms with Crippen molar-refractivity contribution in [2.24, 2.45) is 5.73 Å². The molecule has 0 aliphatic carbocycles. The second kappa shape index (κ2) is 3.49. The number of ether oxygens (including phenoxy) is 1. The Morgan fingerprint density at radius 2 is 1.75 bits per heavy atom. The number of hydrogen-bond acceptors (Lipinski definition) is 4. The Kier molecular flexibility index (Phi) is 2.60. The molecule has 0 aromatic carbocycles. The molecule has 66 valence electrons. The average molecular weight is 167 g/mol. The monoisotopic (exact) mass is 167 g/mol. The van der Waals surface area contributed by atoms with E-state index in [2.05, 4.69) is 9.97 Å². The van der Waals surface area contributed by atoms with Gasteiger partial charge in [0, 0.05) is 0 Å². The Hall–Kier alpha value is -1.16. The molecule has 0 aliphatic heterocycles. The minimum absolute atomic E-state index is 0.367. The van der Waals surface area contributed by atoms with Gasteiger partial charge in [-0.05, 0) is 13.8 Å². The number of nitrogens with zero attached hydrogens (tertiary/aromatic N) is 2. The summed E-state index contributed by atoms with van der Waals surface area (Å²) in [5.41, 5.74) is 7.09. The van der Waals surface area contributed by atoms with Crippen molar-refractivity contribution >= 4 is 0 Å². The van der Waals surface area contributed by atoms with Crippen LogP contribution in [0.2, 0.25) is 0 Å². The fourth-order valence-corrected chi connectivity index (χ4v) is 1.16. The first-order valence-electron chi connectivity index (χ1n) is 3.77. The Balaban J connectivity index is 3.18. The van der Waals surface area contributed by atoms with Crippen LogP contribution in [0.5, 0.6) is 5.75 Å². The Bertz CT molecular complexity index is 263. The highest BCUT2D eigenvalue weighted by atomic mass is 16.5. The fraction of sp³-hybridized carbons (Fsp3) is 0.500. The van der Waals surface area contributed by atoms with Crippen molar-refractivity contribution in [2.45, 2.75) is 20.4 Å². The quantitative estimate of drug-likeness (QED) is 0.699. The maximum Gasteiger partial charge on any atom is 0.161 e. The molecule has 0 atom stereocenters. The maximum atomic E-state index is 5.41. The van der Waals surface area contributed by atoms with Crippen LogP contribution < -0.4 is 10.5 Å². The second-order valence-electron chi connectivity index (χ2n) is 2.55. The largest absolute Gasteiger partial charge is 0.493 e. The van der Waals surface area contributed by atoms with Gasteiger partial charge in [-0.1, -0.05) is 0 Å². The smallest absolute Gasteiger partial charge is 0.161 e. The first-order chi connectivity index (χ1) is 5.69. The van der Waals surface area contributed by atoms with Gasteiger partial charge in [0.2, 0.25) is 0 Å². The summed E-state index contributed by atoms with van der Waals surface area (Å²) in [6.07, 6.45) is 0. The molecule has 1 heterocycles. The van der Waals surface area contributed by atoms with E-state index in [-0.39, 0.29) is 0 Å². The fourth-order valence-electron chi connectivity index (χ4n) is 1.16. The molecule has 0 saturated heterocycles. The lowest BCUT2D eigenvalue weighted by molar-refractivity contribution is 0.402. The summed E-state index contributed by atoms with van der Waals surface area (Å²) in [5.74, 6) is 1.40. The first-order valence-corrected chi connectivity index (χ1v) is 3.77. The van der Waals surface area contributed by atoms with E-state index in [4.69, 9.17) is 10.5 Å². The highest BCUT2D eigenvalue weighted by Gasteiger charge is 2.06. The van der Waals surface area contributed by atoms with E-state index in [0.717, 1.165) is 17.1 Å². The topological polar surface area (TPSA) is 61.0 Å². The van der Waals surface area contributed by atoms with Crippen LogP contribution in [0.4, 0.5) is 0 Å². The van der Waals surface area contributed by atoms with Gasteiger partial charge in [-0.3, -0.25) is 0 Å². The zero-order valence-corrected chi connectivity index (χ0v) is 7.59. The summed E-state index contributed by atoms with van der Waals surface area (Å²) >= 11 is 0. The standard InChI is InChI=1S/C8H13N3O/c1-5-8(12-3)6(2)11-7(4-9)10-5/h4,9H2,1-3H3. The minimum Gasteiger partial charge on any atom is -0.493 e. The lowest BCUT2D eigenvalue weighted by atomic mass is 10.3. The number of aryl methyl sites for hydroxylation is 2. The molecule has 12 heavy (non-hydrogen) atoms. The van der Waals surface area contributed by atoms with Crippen molar-refractivity contribution in [2.75, 3.05) is 7.11 Å². The number of hydrogen-bond donors (Lipinski definition) is 1. The van der Waals surface area contributed by atoms with Gasteiger partial charge in [-0.15, -0.1) is 0 Å². The molecule has 0 amide bonds.